The Morgan fingerprint density at radius 2 is 1.90 bits per heavy atom. The number of carbonyl (C=O) groups excluding carboxylic acids is 2. The number of hydrogen-bond acceptors (Lipinski definition) is 5. The van der Waals surface area contributed by atoms with Gasteiger partial charge in [-0.15, -0.1) is 0 Å². The summed E-state index contributed by atoms with van der Waals surface area (Å²) in [6, 6.07) is 10.9. The summed E-state index contributed by atoms with van der Waals surface area (Å²) in [7, 11) is -1.10. The number of rotatable bonds is 8. The second-order valence-corrected chi connectivity index (χ2v) is 9.57. The molecule has 0 bridgehead atoms. The predicted molar refractivity (Wildman–Crippen MR) is 121 cm³/mol. The third-order valence-corrected chi connectivity index (χ3v) is 6.42. The minimum absolute atomic E-state index is 0.135. The standard InChI is InChI=1S/C23H28N2O5S/c1-15-13-18(14-20-21(15)25-22(27)30-23(20,3)4)29-11-5-6-12-31(28)19-9-7-17(8-10-19)24-16(2)26/h7-10,13-14H,5-6,11-12H2,1-4H3,(H,24,26)(H,25,27). The van der Waals surface area contributed by atoms with E-state index in [2.05, 4.69) is 10.6 Å². The maximum Gasteiger partial charge on any atom is 0.412 e. The summed E-state index contributed by atoms with van der Waals surface area (Å²) in [6.07, 6.45) is 1.07. The molecule has 1 aliphatic heterocycles. The van der Waals surface area contributed by atoms with Crippen molar-refractivity contribution in [1.29, 1.82) is 0 Å². The fraction of sp³-hybridized carbons (Fsp3) is 0.391. The van der Waals surface area contributed by atoms with E-state index in [1.807, 2.05) is 32.9 Å². The molecule has 0 fully saturated rings. The quantitative estimate of drug-likeness (QED) is 0.575. The van der Waals surface area contributed by atoms with Gasteiger partial charge in [-0.25, -0.2) is 4.79 Å². The zero-order valence-corrected chi connectivity index (χ0v) is 19.1. The molecule has 0 aliphatic carbocycles. The number of unbranched alkanes of at least 4 members (excludes halogenated alkanes) is 1. The van der Waals surface area contributed by atoms with Crippen molar-refractivity contribution in [2.24, 2.45) is 0 Å². The molecule has 2 aromatic rings. The van der Waals surface area contributed by atoms with Gasteiger partial charge in [0.05, 0.1) is 23.1 Å². The van der Waals surface area contributed by atoms with Crippen LogP contribution in [0, 0.1) is 6.92 Å². The van der Waals surface area contributed by atoms with E-state index in [1.165, 1.54) is 6.92 Å². The van der Waals surface area contributed by atoms with E-state index in [4.69, 9.17) is 9.47 Å². The number of nitrogens with one attached hydrogen (secondary N) is 2. The number of anilines is 2. The van der Waals surface area contributed by atoms with E-state index in [1.54, 1.807) is 24.3 Å². The van der Waals surface area contributed by atoms with Crippen molar-refractivity contribution in [3.63, 3.8) is 0 Å². The van der Waals surface area contributed by atoms with Gasteiger partial charge < -0.3 is 14.8 Å². The first kappa shape index (κ1) is 22.8. The van der Waals surface area contributed by atoms with Gasteiger partial charge in [0.25, 0.3) is 0 Å². The number of aryl methyl sites for hydroxylation is 1. The molecule has 8 heteroatoms. The van der Waals surface area contributed by atoms with Gasteiger partial charge >= 0.3 is 6.09 Å². The first-order valence-electron chi connectivity index (χ1n) is 10.2. The number of hydrogen-bond donors (Lipinski definition) is 2. The van der Waals surface area contributed by atoms with E-state index >= 15 is 0 Å². The monoisotopic (exact) mass is 444 g/mol. The maximum atomic E-state index is 12.4. The van der Waals surface area contributed by atoms with Crippen molar-refractivity contribution in [3.05, 3.63) is 47.5 Å². The largest absolute Gasteiger partial charge is 0.494 e. The molecule has 166 valence electrons. The van der Waals surface area contributed by atoms with Crippen molar-refractivity contribution in [3.8, 4) is 5.75 Å². The molecular weight excluding hydrogens is 416 g/mol. The van der Waals surface area contributed by atoms with Gasteiger partial charge in [-0.2, -0.15) is 0 Å². The molecule has 2 N–H and O–H groups in total. The van der Waals surface area contributed by atoms with Crippen LogP contribution < -0.4 is 15.4 Å². The Kier molecular flexibility index (Phi) is 7.00. The fourth-order valence-corrected chi connectivity index (χ4v) is 4.57. The Balaban J connectivity index is 1.49. The molecule has 0 aromatic heterocycles. The van der Waals surface area contributed by atoms with E-state index < -0.39 is 22.5 Å². The van der Waals surface area contributed by atoms with Crippen LogP contribution in [-0.2, 0) is 25.9 Å². The highest BCUT2D eigenvalue weighted by Gasteiger charge is 2.34. The summed E-state index contributed by atoms with van der Waals surface area (Å²) >= 11 is 0. The van der Waals surface area contributed by atoms with Crippen LogP contribution >= 0.6 is 0 Å². The summed E-state index contributed by atoms with van der Waals surface area (Å²) in [5.74, 6) is 1.13. The second kappa shape index (κ2) is 9.51. The fourth-order valence-electron chi connectivity index (χ4n) is 3.43. The van der Waals surface area contributed by atoms with Crippen molar-refractivity contribution in [2.75, 3.05) is 23.0 Å². The topological polar surface area (TPSA) is 93.7 Å². The minimum atomic E-state index is -1.10. The number of fused-ring (bicyclic) bond motifs is 1. The number of amides is 2. The van der Waals surface area contributed by atoms with Gasteiger partial charge in [0, 0.05) is 28.8 Å². The summed E-state index contributed by atoms with van der Waals surface area (Å²) in [5.41, 5.74) is 2.53. The van der Waals surface area contributed by atoms with Crippen molar-refractivity contribution in [2.45, 2.75) is 51.0 Å². The van der Waals surface area contributed by atoms with Crippen LogP contribution in [0.15, 0.2) is 41.3 Å². The molecule has 7 nitrogen and oxygen atoms in total. The number of ether oxygens (including phenoxy) is 2. The lowest BCUT2D eigenvalue weighted by Crippen LogP contribution is -2.35. The van der Waals surface area contributed by atoms with Gasteiger partial charge in [-0.1, -0.05) is 0 Å². The van der Waals surface area contributed by atoms with Crippen LogP contribution in [-0.4, -0.2) is 28.6 Å². The average molecular weight is 445 g/mol. The van der Waals surface area contributed by atoms with Crippen LogP contribution in [0.25, 0.3) is 0 Å². The maximum absolute atomic E-state index is 12.4. The predicted octanol–water partition coefficient (Wildman–Crippen LogP) is 4.72. The molecule has 1 unspecified atom stereocenters. The molecule has 1 heterocycles. The molecule has 0 saturated heterocycles. The Hall–Kier alpha value is -2.87. The zero-order chi connectivity index (χ0) is 22.6. The highest BCUT2D eigenvalue weighted by Crippen LogP contribution is 2.39. The lowest BCUT2D eigenvalue weighted by Gasteiger charge is -2.33. The van der Waals surface area contributed by atoms with Crippen LogP contribution in [0.5, 0.6) is 5.75 Å². The Morgan fingerprint density at radius 3 is 2.58 bits per heavy atom. The first-order chi connectivity index (χ1) is 14.7. The van der Waals surface area contributed by atoms with E-state index in [-0.39, 0.29) is 5.91 Å². The minimum Gasteiger partial charge on any atom is -0.494 e. The molecule has 31 heavy (non-hydrogen) atoms. The Morgan fingerprint density at radius 1 is 1.19 bits per heavy atom. The van der Waals surface area contributed by atoms with Gasteiger partial charge in [-0.3, -0.25) is 14.3 Å². The van der Waals surface area contributed by atoms with Crippen molar-refractivity contribution in [1.82, 2.24) is 0 Å². The molecule has 1 aliphatic rings. The molecule has 3 rings (SSSR count). The molecule has 2 aromatic carbocycles. The van der Waals surface area contributed by atoms with Crippen LogP contribution in [0.3, 0.4) is 0 Å². The highest BCUT2D eigenvalue weighted by atomic mass is 32.2. The van der Waals surface area contributed by atoms with Crippen LogP contribution in [0.1, 0.15) is 44.7 Å². The molecule has 0 radical (unpaired) electrons. The van der Waals surface area contributed by atoms with E-state index in [0.29, 0.717) is 18.0 Å². The first-order valence-corrected chi connectivity index (χ1v) is 11.5. The number of benzene rings is 2. The summed E-state index contributed by atoms with van der Waals surface area (Å²) < 4.78 is 23.7. The lowest BCUT2D eigenvalue weighted by molar-refractivity contribution is -0.114. The molecule has 0 saturated carbocycles. The molecule has 2 amide bonds. The average Bonchev–Trinajstić information content (AvgIpc) is 2.68. The Bertz CT molecular complexity index is 1000. The smallest absolute Gasteiger partial charge is 0.412 e. The molecular formula is C23H28N2O5S. The number of cyclic esters (lactones) is 1. The normalized spacial score (nSPS) is 15.3. The molecule has 1 atom stereocenters. The van der Waals surface area contributed by atoms with Gasteiger partial charge in [-0.05, 0) is 75.6 Å². The second-order valence-electron chi connectivity index (χ2n) is 8.00. The highest BCUT2D eigenvalue weighted by molar-refractivity contribution is 7.85. The summed E-state index contributed by atoms with van der Waals surface area (Å²) in [6.45, 7) is 7.59. The third-order valence-electron chi connectivity index (χ3n) is 4.96. The van der Waals surface area contributed by atoms with Crippen molar-refractivity contribution >= 4 is 34.2 Å². The van der Waals surface area contributed by atoms with Gasteiger partial charge in [0.1, 0.15) is 11.4 Å². The summed E-state index contributed by atoms with van der Waals surface area (Å²) in [5, 5.41) is 5.45. The lowest BCUT2D eigenvalue weighted by atomic mass is 9.92. The number of carbonyl (C=O) groups is 2. The molecule has 0 spiro atoms. The van der Waals surface area contributed by atoms with Gasteiger partial charge in [0.2, 0.25) is 5.91 Å². The van der Waals surface area contributed by atoms with Crippen LogP contribution in [0.4, 0.5) is 16.2 Å². The summed E-state index contributed by atoms with van der Waals surface area (Å²) in [4.78, 5) is 23.5. The third kappa shape index (κ3) is 5.85. The van der Waals surface area contributed by atoms with E-state index in [9.17, 15) is 13.8 Å². The SMILES string of the molecule is CC(=O)Nc1ccc(S(=O)CCCCOc2cc(C)c3c(c2)C(C)(C)OC(=O)N3)cc1. The van der Waals surface area contributed by atoms with Crippen LogP contribution in [0.2, 0.25) is 0 Å². The Labute approximate surface area is 185 Å². The van der Waals surface area contributed by atoms with Crippen molar-refractivity contribution < 1.29 is 23.3 Å². The van der Waals surface area contributed by atoms with E-state index in [0.717, 1.165) is 40.3 Å². The zero-order valence-electron chi connectivity index (χ0n) is 18.2. The van der Waals surface area contributed by atoms with Gasteiger partial charge in [0.15, 0.2) is 0 Å².